The Bertz CT molecular complexity index is 579. The van der Waals surface area contributed by atoms with Gasteiger partial charge in [-0.15, -0.1) is 0 Å². The van der Waals surface area contributed by atoms with E-state index in [0.717, 1.165) is 12.3 Å². The average Bonchev–Trinajstić information content (AvgIpc) is 2.37. The Labute approximate surface area is 121 Å². The highest BCUT2D eigenvalue weighted by Gasteiger charge is 2.32. The van der Waals surface area contributed by atoms with Crippen molar-refractivity contribution in [3.63, 3.8) is 0 Å². The Morgan fingerprint density at radius 2 is 1.90 bits per heavy atom. The van der Waals surface area contributed by atoms with Crippen LogP contribution < -0.4 is 9.62 Å². The van der Waals surface area contributed by atoms with E-state index in [-0.39, 0.29) is 6.04 Å². The van der Waals surface area contributed by atoms with Gasteiger partial charge in [-0.2, -0.15) is 13.2 Å². The smallest absolute Gasteiger partial charge is 0.370 e. The van der Waals surface area contributed by atoms with E-state index in [1.807, 2.05) is 4.90 Å². The Kier molecular flexibility index (Phi) is 4.43. The predicted molar refractivity (Wildman–Crippen MR) is 72.5 cm³/mol. The summed E-state index contributed by atoms with van der Waals surface area (Å²) in [6, 6.07) is 2.22. The fourth-order valence-corrected chi connectivity index (χ4v) is 3.14. The normalized spacial score (nSPS) is 18.0. The lowest BCUT2D eigenvalue weighted by Gasteiger charge is -2.33. The van der Waals surface area contributed by atoms with Crippen LogP contribution in [0.25, 0.3) is 0 Å². The summed E-state index contributed by atoms with van der Waals surface area (Å²) in [6.07, 6.45) is -0.917. The van der Waals surface area contributed by atoms with Crippen LogP contribution in [0.15, 0.2) is 18.3 Å². The zero-order chi connectivity index (χ0) is 15.7. The molecule has 0 aromatic carbocycles. The summed E-state index contributed by atoms with van der Waals surface area (Å²) in [6.45, 7) is 1.14. The van der Waals surface area contributed by atoms with Crippen LogP contribution in [0.1, 0.15) is 18.5 Å². The van der Waals surface area contributed by atoms with Gasteiger partial charge in [0.1, 0.15) is 5.69 Å². The molecule has 0 spiro atoms. The molecule has 118 valence electrons. The predicted octanol–water partition coefficient (Wildman–Crippen LogP) is 1.62. The minimum Gasteiger partial charge on any atom is -0.370 e. The molecule has 1 N–H and O–H groups in total. The quantitative estimate of drug-likeness (QED) is 0.918. The van der Waals surface area contributed by atoms with Gasteiger partial charge in [0, 0.05) is 19.1 Å². The van der Waals surface area contributed by atoms with Crippen molar-refractivity contribution in [1.82, 2.24) is 9.71 Å². The van der Waals surface area contributed by atoms with Gasteiger partial charge >= 0.3 is 6.18 Å². The Balaban J connectivity index is 1.96. The van der Waals surface area contributed by atoms with Crippen LogP contribution in [0.5, 0.6) is 0 Å². The number of nitrogens with zero attached hydrogens (tertiary/aromatic N) is 2. The molecular formula is C12H16F3N3O2S. The monoisotopic (exact) mass is 323 g/mol. The maximum atomic E-state index is 12.4. The molecule has 1 fully saturated rings. The Hall–Kier alpha value is -1.35. The summed E-state index contributed by atoms with van der Waals surface area (Å²) in [5, 5.41) is 0. The van der Waals surface area contributed by atoms with Crippen LogP contribution >= 0.6 is 0 Å². The van der Waals surface area contributed by atoms with Gasteiger partial charge in [-0.05, 0) is 25.0 Å². The van der Waals surface area contributed by atoms with Gasteiger partial charge in [-0.25, -0.2) is 18.1 Å². The maximum absolute atomic E-state index is 12.4. The molecule has 5 nitrogen and oxygen atoms in total. The third-order valence-electron chi connectivity index (χ3n) is 3.28. The summed E-state index contributed by atoms with van der Waals surface area (Å²) >= 11 is 0. The molecule has 1 aliphatic rings. The first-order valence-electron chi connectivity index (χ1n) is 6.41. The van der Waals surface area contributed by atoms with E-state index in [9.17, 15) is 21.6 Å². The topological polar surface area (TPSA) is 62.3 Å². The lowest BCUT2D eigenvalue weighted by Crippen LogP contribution is -2.44. The van der Waals surface area contributed by atoms with Crippen LogP contribution in [0, 0.1) is 0 Å². The van der Waals surface area contributed by atoms with E-state index in [1.165, 1.54) is 12.3 Å². The number of sulfonamides is 1. The van der Waals surface area contributed by atoms with Gasteiger partial charge in [0.25, 0.3) is 0 Å². The third kappa shape index (κ3) is 4.57. The molecule has 0 unspecified atom stereocenters. The summed E-state index contributed by atoms with van der Waals surface area (Å²) in [7, 11) is -3.23. The minimum absolute atomic E-state index is 0.126. The van der Waals surface area contributed by atoms with Crippen LogP contribution in [0.4, 0.5) is 18.9 Å². The van der Waals surface area contributed by atoms with Crippen molar-refractivity contribution < 1.29 is 21.6 Å². The average molecular weight is 323 g/mol. The molecule has 1 aliphatic heterocycles. The molecule has 2 heterocycles. The van der Waals surface area contributed by atoms with Crippen molar-refractivity contribution >= 4 is 15.7 Å². The molecule has 9 heteroatoms. The van der Waals surface area contributed by atoms with Crippen molar-refractivity contribution in [2.45, 2.75) is 25.1 Å². The molecule has 0 aliphatic carbocycles. The molecular weight excluding hydrogens is 307 g/mol. The zero-order valence-corrected chi connectivity index (χ0v) is 12.2. The first-order valence-corrected chi connectivity index (χ1v) is 8.30. The van der Waals surface area contributed by atoms with Crippen molar-refractivity contribution in [2.24, 2.45) is 0 Å². The SMILES string of the molecule is CS(=O)(=O)NC1CCN(c2ccc(C(F)(F)F)nc2)CC1. The van der Waals surface area contributed by atoms with Crippen molar-refractivity contribution in [2.75, 3.05) is 24.2 Å². The number of nitrogens with one attached hydrogen (secondary N) is 1. The van der Waals surface area contributed by atoms with E-state index in [1.54, 1.807) is 0 Å². The van der Waals surface area contributed by atoms with Gasteiger partial charge in [-0.3, -0.25) is 0 Å². The number of hydrogen-bond acceptors (Lipinski definition) is 4. The molecule has 2 rings (SSSR count). The number of hydrogen-bond donors (Lipinski definition) is 1. The maximum Gasteiger partial charge on any atom is 0.433 e. The zero-order valence-electron chi connectivity index (χ0n) is 11.4. The van der Waals surface area contributed by atoms with Crippen molar-refractivity contribution in [3.8, 4) is 0 Å². The lowest BCUT2D eigenvalue weighted by atomic mass is 10.1. The fourth-order valence-electron chi connectivity index (χ4n) is 2.30. The van der Waals surface area contributed by atoms with E-state index in [0.29, 0.717) is 31.6 Å². The molecule has 0 amide bonds. The number of piperidine rings is 1. The molecule has 1 aromatic heterocycles. The third-order valence-corrected chi connectivity index (χ3v) is 4.04. The standard InChI is InChI=1S/C12H16F3N3O2S/c1-21(19,20)17-9-4-6-18(7-5-9)10-2-3-11(16-8-10)12(13,14)15/h2-3,8-9,17H,4-7H2,1H3. The molecule has 0 saturated carbocycles. The van der Waals surface area contributed by atoms with E-state index in [4.69, 9.17) is 0 Å². The Morgan fingerprint density at radius 3 is 2.33 bits per heavy atom. The van der Waals surface area contributed by atoms with Gasteiger partial charge < -0.3 is 4.90 Å². The summed E-state index contributed by atoms with van der Waals surface area (Å²) in [4.78, 5) is 5.32. The summed E-state index contributed by atoms with van der Waals surface area (Å²) in [5.41, 5.74) is -0.305. The van der Waals surface area contributed by atoms with Crippen molar-refractivity contribution in [1.29, 1.82) is 0 Å². The number of alkyl halides is 3. The van der Waals surface area contributed by atoms with Crippen LogP contribution in [-0.4, -0.2) is 38.8 Å². The molecule has 21 heavy (non-hydrogen) atoms. The molecule has 0 atom stereocenters. The van der Waals surface area contributed by atoms with Gasteiger partial charge in [0.15, 0.2) is 0 Å². The first-order chi connectivity index (χ1) is 9.65. The number of pyridine rings is 1. The summed E-state index contributed by atoms with van der Waals surface area (Å²) < 4.78 is 62.1. The lowest BCUT2D eigenvalue weighted by molar-refractivity contribution is -0.141. The van der Waals surface area contributed by atoms with E-state index >= 15 is 0 Å². The summed E-state index contributed by atoms with van der Waals surface area (Å²) in [5.74, 6) is 0. The molecule has 0 bridgehead atoms. The van der Waals surface area contributed by atoms with Crippen LogP contribution in [-0.2, 0) is 16.2 Å². The van der Waals surface area contributed by atoms with Gasteiger partial charge in [0.05, 0.1) is 18.1 Å². The van der Waals surface area contributed by atoms with E-state index < -0.39 is 21.9 Å². The van der Waals surface area contributed by atoms with Gasteiger partial charge in [-0.1, -0.05) is 0 Å². The Morgan fingerprint density at radius 1 is 1.29 bits per heavy atom. The molecule has 0 radical (unpaired) electrons. The van der Waals surface area contributed by atoms with E-state index in [2.05, 4.69) is 9.71 Å². The highest BCUT2D eigenvalue weighted by Crippen LogP contribution is 2.29. The van der Waals surface area contributed by atoms with Crippen molar-refractivity contribution in [3.05, 3.63) is 24.0 Å². The number of rotatable bonds is 3. The largest absolute Gasteiger partial charge is 0.433 e. The number of halogens is 3. The van der Waals surface area contributed by atoms with Crippen LogP contribution in [0.3, 0.4) is 0 Å². The molecule has 1 aromatic rings. The highest BCUT2D eigenvalue weighted by molar-refractivity contribution is 7.88. The minimum atomic E-state index is -4.44. The molecule has 1 saturated heterocycles. The second-order valence-corrected chi connectivity index (χ2v) is 6.83. The first kappa shape index (κ1) is 16.0. The second-order valence-electron chi connectivity index (χ2n) is 5.05. The highest BCUT2D eigenvalue weighted by atomic mass is 32.2. The number of aromatic nitrogens is 1. The fraction of sp³-hybridized carbons (Fsp3) is 0.583. The van der Waals surface area contributed by atoms with Crippen LogP contribution in [0.2, 0.25) is 0 Å². The number of anilines is 1. The van der Waals surface area contributed by atoms with Gasteiger partial charge in [0.2, 0.25) is 10.0 Å². The second kappa shape index (κ2) is 5.80.